The first kappa shape index (κ1) is 18.0. The minimum atomic E-state index is 0.119. The molecule has 2 rings (SSSR count). The summed E-state index contributed by atoms with van der Waals surface area (Å²) in [5.41, 5.74) is 12.0. The van der Waals surface area contributed by atoms with Crippen LogP contribution in [0.25, 0.3) is 11.5 Å². The molecule has 2 aromatic heterocycles. The molecule has 0 aliphatic heterocycles. The first-order valence-corrected chi connectivity index (χ1v) is 8.08. The fourth-order valence-corrected chi connectivity index (χ4v) is 2.49. The molecule has 2 aromatic rings. The quantitative estimate of drug-likeness (QED) is 0.306. The standard InChI is InChI=1S/C15H18N8OS/c1-3-6-19-13(17)22-15-21-11(8-25-15)12-5-4-10(24-12)7-23(2)14(18)20-9-16/h3-5,8H,1,6-7H2,2H3,(H2,18,20)(H3,17,19,21,22). The molecule has 0 unspecified atom stereocenters. The third kappa shape index (κ3) is 5.08. The van der Waals surface area contributed by atoms with Gasteiger partial charge in [0.25, 0.3) is 0 Å². The first-order chi connectivity index (χ1) is 12.0. The van der Waals surface area contributed by atoms with Gasteiger partial charge in [-0.25, -0.2) is 4.98 Å². The molecule has 2 heterocycles. The Balaban J connectivity index is 2.07. The molecule has 0 saturated heterocycles. The highest BCUT2D eigenvalue weighted by Gasteiger charge is 2.11. The Morgan fingerprint density at radius 3 is 3.08 bits per heavy atom. The number of furan rings is 1. The zero-order valence-electron chi connectivity index (χ0n) is 13.6. The Labute approximate surface area is 149 Å². The van der Waals surface area contributed by atoms with Crippen molar-refractivity contribution in [2.24, 2.45) is 21.5 Å². The number of nitrogens with two attached hydrogens (primary N) is 2. The SMILES string of the molecule is C=CCNC(N)=Nc1nc(-c2ccc(CN(C)C(N)=NC#N)o2)cs1. The zero-order valence-corrected chi connectivity index (χ0v) is 14.5. The number of aliphatic imine (C=N–C) groups is 2. The topological polar surface area (TPSA) is 142 Å². The van der Waals surface area contributed by atoms with E-state index in [4.69, 9.17) is 21.1 Å². The maximum Gasteiger partial charge on any atom is 0.212 e. The Kier molecular flexibility index (Phi) is 6.14. The summed E-state index contributed by atoms with van der Waals surface area (Å²) in [6.45, 7) is 4.50. The number of hydrogen-bond donors (Lipinski definition) is 3. The summed E-state index contributed by atoms with van der Waals surface area (Å²) in [6, 6.07) is 3.62. The van der Waals surface area contributed by atoms with E-state index in [0.29, 0.717) is 35.4 Å². The summed E-state index contributed by atoms with van der Waals surface area (Å²) in [7, 11) is 1.72. The normalized spacial score (nSPS) is 11.8. The summed E-state index contributed by atoms with van der Waals surface area (Å²) in [4.78, 5) is 13.6. The molecular weight excluding hydrogens is 340 g/mol. The van der Waals surface area contributed by atoms with Crippen LogP contribution >= 0.6 is 11.3 Å². The largest absolute Gasteiger partial charge is 0.458 e. The molecule has 0 bridgehead atoms. The van der Waals surface area contributed by atoms with E-state index in [-0.39, 0.29) is 11.9 Å². The van der Waals surface area contributed by atoms with Gasteiger partial charge in [-0.2, -0.15) is 10.3 Å². The van der Waals surface area contributed by atoms with Gasteiger partial charge < -0.3 is 26.1 Å². The Morgan fingerprint density at radius 2 is 2.36 bits per heavy atom. The Hall–Kier alpha value is -3.32. The van der Waals surface area contributed by atoms with E-state index in [1.807, 2.05) is 17.5 Å². The van der Waals surface area contributed by atoms with Gasteiger partial charge in [-0.3, -0.25) is 0 Å². The highest BCUT2D eigenvalue weighted by molar-refractivity contribution is 7.13. The average molecular weight is 358 g/mol. The first-order valence-electron chi connectivity index (χ1n) is 7.20. The van der Waals surface area contributed by atoms with Crippen molar-refractivity contribution in [2.75, 3.05) is 13.6 Å². The van der Waals surface area contributed by atoms with Crippen molar-refractivity contribution < 1.29 is 4.42 Å². The van der Waals surface area contributed by atoms with Crippen LogP contribution in [-0.2, 0) is 6.54 Å². The van der Waals surface area contributed by atoms with Crippen molar-refractivity contribution in [3.8, 4) is 17.6 Å². The third-order valence-electron chi connectivity index (χ3n) is 3.00. The molecule has 0 fully saturated rings. The zero-order chi connectivity index (χ0) is 18.2. The van der Waals surface area contributed by atoms with Crippen LogP contribution in [0.4, 0.5) is 5.13 Å². The highest BCUT2D eigenvalue weighted by Crippen LogP contribution is 2.28. The molecule has 0 atom stereocenters. The molecule has 0 saturated carbocycles. The molecule has 130 valence electrons. The summed E-state index contributed by atoms with van der Waals surface area (Å²) in [5, 5.41) is 13.7. The fraction of sp³-hybridized carbons (Fsp3) is 0.200. The van der Waals surface area contributed by atoms with Crippen LogP contribution in [0.3, 0.4) is 0 Å². The van der Waals surface area contributed by atoms with Crippen LogP contribution in [-0.4, -0.2) is 35.4 Å². The number of aromatic nitrogens is 1. The van der Waals surface area contributed by atoms with Crippen LogP contribution in [0.5, 0.6) is 0 Å². The second-order valence-electron chi connectivity index (χ2n) is 4.87. The van der Waals surface area contributed by atoms with Gasteiger partial charge in [-0.15, -0.1) is 22.9 Å². The number of nitrogens with one attached hydrogen (secondary N) is 1. The summed E-state index contributed by atoms with van der Waals surface area (Å²) < 4.78 is 5.75. The van der Waals surface area contributed by atoms with Crippen molar-refractivity contribution in [2.45, 2.75) is 6.54 Å². The molecule has 10 heteroatoms. The van der Waals surface area contributed by atoms with Crippen LogP contribution in [0.1, 0.15) is 5.76 Å². The molecule has 0 aromatic carbocycles. The van der Waals surface area contributed by atoms with Gasteiger partial charge in [0.15, 0.2) is 11.7 Å². The molecule has 25 heavy (non-hydrogen) atoms. The van der Waals surface area contributed by atoms with Crippen LogP contribution in [0, 0.1) is 11.5 Å². The number of nitriles is 1. The highest BCUT2D eigenvalue weighted by atomic mass is 32.1. The molecule has 0 amide bonds. The van der Waals surface area contributed by atoms with Crippen LogP contribution < -0.4 is 16.8 Å². The molecule has 0 spiro atoms. The Morgan fingerprint density at radius 1 is 1.56 bits per heavy atom. The van der Waals surface area contributed by atoms with E-state index in [1.165, 1.54) is 11.3 Å². The predicted molar refractivity (Wildman–Crippen MR) is 98.0 cm³/mol. The molecule has 9 nitrogen and oxygen atoms in total. The summed E-state index contributed by atoms with van der Waals surface area (Å²) in [6.07, 6.45) is 3.33. The van der Waals surface area contributed by atoms with Crippen LogP contribution in [0.15, 0.2) is 44.6 Å². The number of nitrogens with zero attached hydrogens (tertiary/aromatic N) is 5. The lowest BCUT2D eigenvalue weighted by Gasteiger charge is -2.14. The number of thiazole rings is 1. The van der Waals surface area contributed by atoms with Crippen molar-refractivity contribution in [1.82, 2.24) is 15.2 Å². The van der Waals surface area contributed by atoms with Crippen LogP contribution in [0.2, 0.25) is 0 Å². The van der Waals surface area contributed by atoms with Gasteiger partial charge in [-0.05, 0) is 12.1 Å². The van der Waals surface area contributed by atoms with E-state index >= 15 is 0 Å². The molecule has 0 radical (unpaired) electrons. The van der Waals surface area contributed by atoms with Crippen molar-refractivity contribution in [3.63, 3.8) is 0 Å². The van der Waals surface area contributed by atoms with E-state index in [0.717, 1.165) is 0 Å². The number of guanidine groups is 2. The van der Waals surface area contributed by atoms with Crippen molar-refractivity contribution in [3.05, 3.63) is 35.9 Å². The lowest BCUT2D eigenvalue weighted by Crippen LogP contribution is -2.33. The maximum absolute atomic E-state index is 8.51. The molecule has 5 N–H and O–H groups in total. The summed E-state index contributed by atoms with van der Waals surface area (Å²) in [5.74, 6) is 1.66. The van der Waals surface area contributed by atoms with E-state index in [9.17, 15) is 0 Å². The number of hydrogen-bond acceptors (Lipinski definition) is 6. The molecule has 0 aliphatic rings. The summed E-state index contributed by atoms with van der Waals surface area (Å²) >= 11 is 1.35. The predicted octanol–water partition coefficient (Wildman–Crippen LogP) is 1.35. The minimum Gasteiger partial charge on any atom is -0.458 e. The minimum absolute atomic E-state index is 0.119. The van der Waals surface area contributed by atoms with Gasteiger partial charge in [0.2, 0.25) is 17.3 Å². The van der Waals surface area contributed by atoms with E-state index in [2.05, 4.69) is 26.9 Å². The second kappa shape index (κ2) is 8.51. The van der Waals surface area contributed by atoms with Gasteiger partial charge in [0.1, 0.15) is 11.5 Å². The monoisotopic (exact) mass is 358 g/mol. The smallest absolute Gasteiger partial charge is 0.212 e. The molecular formula is C15H18N8OS. The van der Waals surface area contributed by atoms with Gasteiger partial charge >= 0.3 is 0 Å². The van der Waals surface area contributed by atoms with Crippen molar-refractivity contribution in [1.29, 1.82) is 5.26 Å². The lowest BCUT2D eigenvalue weighted by atomic mass is 10.3. The fourth-order valence-electron chi connectivity index (χ4n) is 1.80. The second-order valence-corrected chi connectivity index (χ2v) is 5.71. The van der Waals surface area contributed by atoms with Gasteiger partial charge in [0, 0.05) is 19.0 Å². The lowest BCUT2D eigenvalue weighted by molar-refractivity contribution is 0.412. The Bertz CT molecular complexity index is 829. The average Bonchev–Trinajstić information content (AvgIpc) is 3.22. The third-order valence-corrected chi connectivity index (χ3v) is 3.73. The van der Waals surface area contributed by atoms with E-state index in [1.54, 1.807) is 24.2 Å². The van der Waals surface area contributed by atoms with E-state index < -0.39 is 0 Å². The van der Waals surface area contributed by atoms with Gasteiger partial charge in [0.05, 0.1) is 6.54 Å². The molecule has 0 aliphatic carbocycles. The number of rotatable bonds is 6. The maximum atomic E-state index is 8.51. The van der Waals surface area contributed by atoms with Crippen molar-refractivity contribution >= 4 is 28.4 Å². The van der Waals surface area contributed by atoms with Gasteiger partial charge in [-0.1, -0.05) is 6.08 Å².